The number of nitrogens with two attached hydrogens (primary N) is 1. The molecule has 0 amide bonds. The van der Waals surface area contributed by atoms with Gasteiger partial charge in [0.2, 0.25) is 11.6 Å². The van der Waals surface area contributed by atoms with E-state index >= 15 is 0 Å². The number of carbonyl (C=O) groups is 2. The molecule has 0 unspecified atom stereocenters. The van der Waals surface area contributed by atoms with Crippen LogP contribution >= 0.6 is 69.6 Å². The SMILES string of the molecule is Nc1cccc(Cl)c1C(=O)c1ncc(Cl)cc1NS(=O)(=O)c1ccc(Cl)c(C(F)(F)F)c1.O=C(c1ncc(Cl)cc1NS(=O)(=O)c1ccc(Cl)c(C(F)(F)F)c1)c1c(Cl)cccc1[N+](=O)[O-]. The van der Waals surface area contributed by atoms with E-state index < -0.39 is 108 Å². The monoisotopic (exact) mass is 1080 g/mol. The van der Waals surface area contributed by atoms with E-state index in [1.807, 2.05) is 9.44 Å². The quantitative estimate of drug-likeness (QED) is 0.0364. The molecule has 0 atom stereocenters. The zero-order valence-corrected chi connectivity index (χ0v) is 37.9. The van der Waals surface area contributed by atoms with E-state index in [2.05, 4.69) is 9.97 Å². The molecule has 0 radical (unpaired) electrons. The number of hydrogen-bond acceptors (Lipinski definition) is 11. The minimum absolute atomic E-state index is 0.00641. The van der Waals surface area contributed by atoms with Crippen LogP contribution in [-0.2, 0) is 32.4 Å². The number of halogens is 12. The smallest absolute Gasteiger partial charge is 0.398 e. The van der Waals surface area contributed by atoms with Crippen molar-refractivity contribution in [3.8, 4) is 0 Å². The summed E-state index contributed by atoms with van der Waals surface area (Å²) in [7, 11) is -9.34. The highest BCUT2D eigenvalue weighted by atomic mass is 35.5. The van der Waals surface area contributed by atoms with Crippen LogP contribution in [0.3, 0.4) is 0 Å². The Hall–Kier alpha value is -5.46. The highest BCUT2D eigenvalue weighted by molar-refractivity contribution is 7.93. The van der Waals surface area contributed by atoms with Crippen LogP contribution in [0, 0.1) is 10.1 Å². The molecule has 0 aliphatic carbocycles. The van der Waals surface area contributed by atoms with Crippen molar-refractivity contribution in [3.63, 3.8) is 0 Å². The molecule has 0 saturated heterocycles. The number of carbonyl (C=O) groups excluding carboxylic acids is 2. The van der Waals surface area contributed by atoms with Crippen molar-refractivity contribution in [2.24, 2.45) is 0 Å². The molecular formula is C38H20Cl6F6N6O8S2. The molecule has 346 valence electrons. The first kappa shape index (κ1) is 51.5. The van der Waals surface area contributed by atoms with E-state index in [9.17, 15) is 62.9 Å². The number of ketones is 2. The molecule has 0 fully saturated rings. The van der Waals surface area contributed by atoms with Gasteiger partial charge in [-0.2, -0.15) is 26.3 Å². The summed E-state index contributed by atoms with van der Waals surface area (Å²) >= 11 is 34.8. The van der Waals surface area contributed by atoms with E-state index in [1.165, 1.54) is 30.3 Å². The molecule has 6 aromatic rings. The first-order valence-corrected chi connectivity index (χ1v) is 22.4. The molecule has 0 aliphatic rings. The number of nitrogens with zero attached hydrogens (tertiary/aromatic N) is 3. The van der Waals surface area contributed by atoms with Crippen LogP contribution in [-0.4, -0.2) is 43.3 Å². The minimum atomic E-state index is -4.94. The molecule has 4 N–H and O–H groups in total. The van der Waals surface area contributed by atoms with Crippen LogP contribution in [0.1, 0.15) is 43.2 Å². The van der Waals surface area contributed by atoms with Crippen molar-refractivity contribution < 1.29 is 57.7 Å². The number of pyridine rings is 2. The van der Waals surface area contributed by atoms with Gasteiger partial charge in [-0.05, 0) is 66.7 Å². The molecule has 66 heavy (non-hydrogen) atoms. The molecule has 0 aliphatic heterocycles. The van der Waals surface area contributed by atoms with Gasteiger partial charge < -0.3 is 5.73 Å². The second-order valence-corrected chi connectivity index (χ2v) is 18.7. The van der Waals surface area contributed by atoms with Crippen molar-refractivity contribution in [1.29, 1.82) is 0 Å². The minimum Gasteiger partial charge on any atom is -0.398 e. The van der Waals surface area contributed by atoms with Crippen LogP contribution in [0.4, 0.5) is 49.1 Å². The van der Waals surface area contributed by atoms with Gasteiger partial charge in [0.25, 0.3) is 25.7 Å². The Bertz CT molecular complexity index is 3170. The van der Waals surface area contributed by atoms with Crippen molar-refractivity contribution in [2.45, 2.75) is 22.1 Å². The number of hydrogen-bond donors (Lipinski definition) is 3. The first-order valence-electron chi connectivity index (χ1n) is 17.2. The lowest BCUT2D eigenvalue weighted by Crippen LogP contribution is -2.18. The van der Waals surface area contributed by atoms with Crippen LogP contribution in [0.2, 0.25) is 30.1 Å². The summed E-state index contributed by atoms with van der Waals surface area (Å²) in [5, 5.41) is 9.44. The lowest BCUT2D eigenvalue weighted by molar-refractivity contribution is -0.385. The molecular weight excluding hydrogens is 1060 g/mol. The second-order valence-electron chi connectivity index (χ2n) is 12.8. The molecule has 28 heteroatoms. The second kappa shape index (κ2) is 19.8. The summed E-state index contributed by atoms with van der Waals surface area (Å²) in [4.78, 5) is 42.6. The predicted octanol–water partition coefficient (Wildman–Crippen LogP) is 11.7. The van der Waals surface area contributed by atoms with Crippen LogP contribution < -0.4 is 15.2 Å². The van der Waals surface area contributed by atoms with Gasteiger partial charge in [-0.25, -0.2) is 26.8 Å². The Morgan fingerprint density at radius 2 is 0.985 bits per heavy atom. The molecule has 0 bridgehead atoms. The zero-order chi connectivity index (χ0) is 49.3. The van der Waals surface area contributed by atoms with Gasteiger partial charge in [-0.1, -0.05) is 81.7 Å². The lowest BCUT2D eigenvalue weighted by atomic mass is 10.0. The van der Waals surface area contributed by atoms with Gasteiger partial charge in [0.1, 0.15) is 17.0 Å². The number of sulfonamides is 2. The summed E-state index contributed by atoms with van der Waals surface area (Å²) in [6.45, 7) is 0. The highest BCUT2D eigenvalue weighted by Gasteiger charge is 2.37. The van der Waals surface area contributed by atoms with Crippen molar-refractivity contribution in [2.75, 3.05) is 15.2 Å². The average Bonchev–Trinajstić information content (AvgIpc) is 3.19. The number of nitro groups is 1. The van der Waals surface area contributed by atoms with E-state index in [0.717, 1.165) is 54.9 Å². The van der Waals surface area contributed by atoms with Gasteiger partial charge in [0.15, 0.2) is 0 Å². The Morgan fingerprint density at radius 1 is 0.591 bits per heavy atom. The zero-order valence-electron chi connectivity index (χ0n) is 31.8. The fourth-order valence-electron chi connectivity index (χ4n) is 5.49. The molecule has 2 heterocycles. The molecule has 0 spiro atoms. The van der Waals surface area contributed by atoms with Gasteiger partial charge in [-0.3, -0.25) is 29.1 Å². The predicted molar refractivity (Wildman–Crippen MR) is 234 cm³/mol. The van der Waals surface area contributed by atoms with E-state index in [4.69, 9.17) is 75.3 Å². The Labute approximate surface area is 397 Å². The first-order chi connectivity index (χ1) is 30.5. The number of nitrogens with one attached hydrogen (secondary N) is 2. The van der Waals surface area contributed by atoms with Gasteiger partial charge >= 0.3 is 12.4 Å². The van der Waals surface area contributed by atoms with Crippen molar-refractivity contribution >= 4 is 124 Å². The van der Waals surface area contributed by atoms with E-state index in [-0.39, 0.29) is 37.0 Å². The third-order valence-corrected chi connectivity index (χ3v) is 12.9. The lowest BCUT2D eigenvalue weighted by Gasteiger charge is -2.15. The van der Waals surface area contributed by atoms with Gasteiger partial charge in [-0.15, -0.1) is 0 Å². The molecule has 6 rings (SSSR count). The number of nitro benzene ring substituents is 1. The van der Waals surface area contributed by atoms with Crippen molar-refractivity contribution in [3.05, 3.63) is 171 Å². The largest absolute Gasteiger partial charge is 0.417 e. The Balaban J connectivity index is 0.000000248. The fraction of sp³-hybridized carbons (Fsp3) is 0.0526. The Kier molecular flexibility index (Phi) is 15.4. The summed E-state index contributed by atoms with van der Waals surface area (Å²) in [5.41, 5.74) is -0.262. The molecule has 4 aromatic carbocycles. The summed E-state index contributed by atoms with van der Waals surface area (Å²) in [6.07, 6.45) is -7.77. The number of alkyl halides is 6. The highest BCUT2D eigenvalue weighted by Crippen LogP contribution is 2.39. The van der Waals surface area contributed by atoms with Crippen LogP contribution in [0.15, 0.2) is 107 Å². The number of benzene rings is 4. The van der Waals surface area contributed by atoms with Crippen molar-refractivity contribution in [1.82, 2.24) is 9.97 Å². The molecule has 2 aromatic heterocycles. The van der Waals surface area contributed by atoms with Gasteiger partial charge in [0, 0.05) is 24.1 Å². The standard InChI is InChI=1S/C19H9Cl3F3N3O5S.C19H11Cl3F3N3O3S/c20-9-6-14(27-34(32,33)10-4-5-12(21)11(7-10)19(23,24)25)17(26-8-9)18(29)16-13(22)2-1-3-15(16)28(30)31;20-9-6-15(17(27-8-9)18(29)16-13(22)2-1-3-14(16)26)28-32(30,31)10-4-5-12(21)11(7-10)19(23,24)25/h1-8,27H;1-8,28H,26H2. The van der Waals surface area contributed by atoms with E-state index in [1.54, 1.807) is 0 Å². The third kappa shape index (κ3) is 11.7. The number of aromatic nitrogens is 2. The normalized spacial score (nSPS) is 11.9. The van der Waals surface area contributed by atoms with Gasteiger partial charge in [0.05, 0.1) is 72.9 Å². The Morgan fingerprint density at radius 3 is 1.38 bits per heavy atom. The maximum atomic E-state index is 13.2. The number of rotatable bonds is 11. The van der Waals surface area contributed by atoms with Crippen LogP contribution in [0.5, 0.6) is 0 Å². The summed E-state index contributed by atoms with van der Waals surface area (Å²) in [5.74, 6) is -1.95. The molecule has 0 saturated carbocycles. The number of nitrogen functional groups attached to an aromatic ring is 1. The third-order valence-electron chi connectivity index (χ3n) is 8.42. The summed E-state index contributed by atoms with van der Waals surface area (Å²) in [6, 6.07) is 13.7. The maximum Gasteiger partial charge on any atom is 0.417 e. The maximum absolute atomic E-state index is 13.2. The average molecular weight is 1080 g/mol. The van der Waals surface area contributed by atoms with E-state index in [0.29, 0.717) is 12.1 Å². The topological polar surface area (TPSA) is 221 Å². The summed E-state index contributed by atoms with van der Waals surface area (Å²) < 4.78 is 134. The fourth-order valence-corrected chi connectivity index (χ4v) is 8.94. The van der Waals surface area contributed by atoms with Crippen LogP contribution in [0.25, 0.3) is 0 Å². The number of anilines is 3. The molecule has 14 nitrogen and oxygen atoms in total.